The minimum absolute atomic E-state index is 0.0532. The van der Waals surface area contributed by atoms with Crippen molar-refractivity contribution in [1.29, 1.82) is 0 Å². The molecule has 0 spiro atoms. The highest BCUT2D eigenvalue weighted by molar-refractivity contribution is 5.82. The maximum absolute atomic E-state index is 14.0. The van der Waals surface area contributed by atoms with Gasteiger partial charge in [-0.3, -0.25) is 0 Å². The van der Waals surface area contributed by atoms with Crippen LogP contribution in [-0.2, 0) is 29.3 Å². The quantitative estimate of drug-likeness (QED) is 0.348. The highest BCUT2D eigenvalue weighted by Gasteiger charge is 2.64. The lowest BCUT2D eigenvalue weighted by Crippen LogP contribution is -2.52. The van der Waals surface area contributed by atoms with Crippen molar-refractivity contribution in [2.45, 2.75) is 83.2 Å². The van der Waals surface area contributed by atoms with E-state index in [2.05, 4.69) is 0 Å². The number of ether oxygens (including phenoxy) is 4. The fourth-order valence-corrected chi connectivity index (χ4v) is 4.62. The van der Waals surface area contributed by atoms with Crippen molar-refractivity contribution in [3.8, 4) is 0 Å². The van der Waals surface area contributed by atoms with Gasteiger partial charge in [-0.1, -0.05) is 44.2 Å². The molecule has 5 atom stereocenters. The van der Waals surface area contributed by atoms with E-state index in [4.69, 9.17) is 24.1 Å². The van der Waals surface area contributed by atoms with E-state index in [1.807, 2.05) is 27.7 Å². The number of alkyl halides is 3. The number of aliphatic hydroxyl groups is 1. The molecule has 0 amide bonds. The predicted octanol–water partition coefficient (Wildman–Crippen LogP) is 4.98. The lowest BCUT2D eigenvalue weighted by molar-refractivity contribution is -0.328. The summed E-state index contributed by atoms with van der Waals surface area (Å²) in [6.45, 7) is 7.64. The average molecular weight is 491 g/mol. The molecule has 0 saturated carbocycles. The van der Waals surface area contributed by atoms with Gasteiger partial charge in [0.15, 0.2) is 5.79 Å². The zero-order valence-corrected chi connectivity index (χ0v) is 20.6. The largest absolute Gasteiger partial charge is 0.463 e. The van der Waals surface area contributed by atoms with Crippen LogP contribution in [0, 0.1) is 11.8 Å². The minimum Gasteiger partial charge on any atom is -0.463 e. The number of carbonyl (C=O) groups is 1. The Labute approximate surface area is 199 Å². The van der Waals surface area contributed by atoms with Crippen LogP contribution in [0.3, 0.4) is 0 Å². The van der Waals surface area contributed by atoms with E-state index < -0.39 is 23.5 Å². The van der Waals surface area contributed by atoms with Crippen molar-refractivity contribution in [2.24, 2.45) is 11.8 Å². The second kappa shape index (κ2) is 11.8. The Morgan fingerprint density at radius 1 is 1.18 bits per heavy atom. The van der Waals surface area contributed by atoms with Crippen molar-refractivity contribution < 1.29 is 42.0 Å². The second-order valence-electron chi connectivity index (χ2n) is 9.37. The Kier molecular flexibility index (Phi) is 9.94. The summed E-state index contributed by atoms with van der Waals surface area (Å²) in [6, 6.07) is 6.77. The molecule has 0 bridgehead atoms. The lowest BCUT2D eigenvalue weighted by atomic mass is 9.84. The molecule has 1 heterocycles. The van der Waals surface area contributed by atoms with Crippen LogP contribution >= 0.6 is 0 Å². The van der Waals surface area contributed by atoms with Crippen LogP contribution in [0.15, 0.2) is 30.3 Å². The zero-order valence-electron chi connectivity index (χ0n) is 20.6. The van der Waals surface area contributed by atoms with E-state index in [1.54, 1.807) is 6.07 Å². The Morgan fingerprint density at radius 3 is 2.38 bits per heavy atom. The highest BCUT2D eigenvalue weighted by Crippen LogP contribution is 2.43. The van der Waals surface area contributed by atoms with Crippen molar-refractivity contribution in [3.63, 3.8) is 0 Å². The number of halogens is 3. The van der Waals surface area contributed by atoms with Crippen LogP contribution in [0.4, 0.5) is 13.2 Å². The summed E-state index contributed by atoms with van der Waals surface area (Å²) < 4.78 is 63.9. The van der Waals surface area contributed by atoms with Crippen LogP contribution in [0.2, 0.25) is 0 Å². The Balaban J connectivity index is 2.00. The fourth-order valence-electron chi connectivity index (χ4n) is 4.62. The van der Waals surface area contributed by atoms with Crippen molar-refractivity contribution in [3.05, 3.63) is 35.9 Å². The molecular weight excluding hydrogens is 453 g/mol. The molecule has 1 aliphatic heterocycles. The van der Waals surface area contributed by atoms with Crippen LogP contribution in [0.5, 0.6) is 0 Å². The van der Waals surface area contributed by atoms with Gasteiger partial charge >= 0.3 is 12.1 Å². The summed E-state index contributed by atoms with van der Waals surface area (Å²) in [6.07, 6.45) is -2.90. The lowest BCUT2D eigenvalue weighted by Gasteiger charge is -2.47. The SMILES string of the molecule is CO[C@](C(=O)OCCC[C@@H](C)[C@@H]1OC(C)(C)O[C@H](CCCO)[C@H]1C)(c1ccccc1)C(F)(F)F. The minimum atomic E-state index is -4.99. The van der Waals surface area contributed by atoms with Gasteiger partial charge in [-0.2, -0.15) is 13.2 Å². The molecule has 0 unspecified atom stereocenters. The monoisotopic (exact) mass is 490 g/mol. The van der Waals surface area contributed by atoms with Crippen LogP contribution in [-0.4, -0.2) is 55.6 Å². The van der Waals surface area contributed by atoms with Gasteiger partial charge in [0.25, 0.3) is 5.60 Å². The van der Waals surface area contributed by atoms with Crippen LogP contribution in [0.25, 0.3) is 0 Å². The van der Waals surface area contributed by atoms with Gasteiger partial charge in [0.2, 0.25) is 0 Å². The summed E-state index contributed by atoms with van der Waals surface area (Å²) in [5, 5.41) is 9.17. The normalized spacial score (nSPS) is 25.4. The molecule has 1 fully saturated rings. The topological polar surface area (TPSA) is 74.2 Å². The van der Waals surface area contributed by atoms with Gasteiger partial charge in [-0.05, 0) is 45.4 Å². The summed E-state index contributed by atoms with van der Waals surface area (Å²) in [5.41, 5.74) is -3.51. The number of hydrogen-bond acceptors (Lipinski definition) is 6. The molecule has 9 heteroatoms. The zero-order chi connectivity index (χ0) is 25.6. The molecule has 0 aliphatic carbocycles. The van der Waals surface area contributed by atoms with Crippen molar-refractivity contribution in [1.82, 2.24) is 0 Å². The molecule has 1 saturated heterocycles. The molecular formula is C25H37F3O6. The van der Waals surface area contributed by atoms with E-state index in [-0.39, 0.29) is 42.8 Å². The Morgan fingerprint density at radius 2 is 1.82 bits per heavy atom. The maximum atomic E-state index is 14.0. The second-order valence-corrected chi connectivity index (χ2v) is 9.37. The third kappa shape index (κ3) is 6.50. The molecule has 1 aromatic rings. The van der Waals surface area contributed by atoms with Gasteiger partial charge in [0.05, 0.1) is 18.8 Å². The average Bonchev–Trinajstić information content (AvgIpc) is 2.77. The number of methoxy groups -OCH3 is 1. The first-order valence-electron chi connectivity index (χ1n) is 11.7. The van der Waals surface area contributed by atoms with Gasteiger partial charge in [0.1, 0.15) is 0 Å². The van der Waals surface area contributed by atoms with Crippen molar-refractivity contribution >= 4 is 5.97 Å². The van der Waals surface area contributed by atoms with Gasteiger partial charge in [0, 0.05) is 25.2 Å². The van der Waals surface area contributed by atoms with Crippen LogP contribution < -0.4 is 0 Å². The van der Waals surface area contributed by atoms with Gasteiger partial charge < -0.3 is 24.1 Å². The summed E-state index contributed by atoms with van der Waals surface area (Å²) in [4.78, 5) is 12.6. The van der Waals surface area contributed by atoms with E-state index >= 15 is 0 Å². The van der Waals surface area contributed by atoms with Crippen molar-refractivity contribution in [2.75, 3.05) is 20.3 Å². The molecule has 1 aliphatic rings. The molecule has 0 aromatic heterocycles. The predicted molar refractivity (Wildman–Crippen MR) is 120 cm³/mol. The van der Waals surface area contributed by atoms with E-state index in [9.17, 15) is 18.0 Å². The summed E-state index contributed by atoms with van der Waals surface area (Å²) in [5.74, 6) is -2.14. The first kappa shape index (κ1) is 28.6. The molecule has 6 nitrogen and oxygen atoms in total. The molecule has 2 rings (SSSR count). The third-order valence-electron chi connectivity index (χ3n) is 6.38. The van der Waals surface area contributed by atoms with Crippen LogP contribution in [0.1, 0.15) is 58.9 Å². The maximum Gasteiger partial charge on any atom is 0.432 e. The summed E-state index contributed by atoms with van der Waals surface area (Å²) in [7, 11) is 0.850. The fraction of sp³-hybridized carbons (Fsp3) is 0.720. The number of carbonyl (C=O) groups excluding carboxylic acids is 1. The van der Waals surface area contributed by atoms with Gasteiger partial charge in [-0.25, -0.2) is 4.79 Å². The summed E-state index contributed by atoms with van der Waals surface area (Å²) >= 11 is 0. The van der Waals surface area contributed by atoms with E-state index in [0.717, 1.165) is 7.11 Å². The molecule has 34 heavy (non-hydrogen) atoms. The first-order chi connectivity index (χ1) is 15.9. The number of benzene rings is 1. The molecule has 194 valence electrons. The molecule has 1 N–H and O–H groups in total. The van der Waals surface area contributed by atoms with E-state index in [0.29, 0.717) is 25.7 Å². The standard InChI is InChI=1S/C25H37F3O6/c1-17(21-18(2)20(14-9-15-29)33-23(3,4)34-21)11-10-16-32-22(30)24(31-5,25(26,27)28)19-12-7-6-8-13-19/h6-8,12-13,17-18,20-21,29H,9-11,14-16H2,1-5H3/t17-,18-,20-,21+,24+/m1/s1. The van der Waals surface area contributed by atoms with Gasteiger partial charge in [-0.15, -0.1) is 0 Å². The molecule has 0 radical (unpaired) electrons. The first-order valence-corrected chi connectivity index (χ1v) is 11.7. The highest BCUT2D eigenvalue weighted by atomic mass is 19.4. The number of hydrogen-bond donors (Lipinski definition) is 1. The third-order valence-corrected chi connectivity index (χ3v) is 6.38. The number of aliphatic hydroxyl groups excluding tert-OH is 1. The smallest absolute Gasteiger partial charge is 0.432 e. The number of rotatable bonds is 11. The Hall–Kier alpha value is -1.68. The Bertz CT molecular complexity index is 770. The van der Waals surface area contributed by atoms with E-state index in [1.165, 1.54) is 24.3 Å². The molecule has 1 aromatic carbocycles. The number of esters is 1.